The van der Waals surface area contributed by atoms with Gasteiger partial charge in [-0.2, -0.15) is 0 Å². The van der Waals surface area contributed by atoms with Crippen molar-refractivity contribution in [1.82, 2.24) is 15.1 Å². The number of imide groups is 1. The quantitative estimate of drug-likeness (QED) is 0.625. The fourth-order valence-electron chi connectivity index (χ4n) is 4.20. The van der Waals surface area contributed by atoms with Crippen LogP contribution in [0.3, 0.4) is 0 Å². The maximum absolute atomic E-state index is 12.9. The molecule has 2 aromatic carbocycles. The topological polar surface area (TPSA) is 96.0 Å². The number of hydrogen-bond acceptors (Lipinski definition) is 5. The third kappa shape index (κ3) is 4.74. The molecule has 8 nitrogen and oxygen atoms in total. The van der Waals surface area contributed by atoms with Crippen molar-refractivity contribution in [1.29, 1.82) is 0 Å². The summed E-state index contributed by atoms with van der Waals surface area (Å²) < 4.78 is 5.60. The number of carbonyl (C=O) groups is 4. The van der Waals surface area contributed by atoms with E-state index in [1.54, 1.807) is 42.5 Å². The fourth-order valence-corrected chi connectivity index (χ4v) is 4.20. The molecule has 1 N–H and O–H groups in total. The molecular weight excluding hydrogens is 422 g/mol. The van der Waals surface area contributed by atoms with Gasteiger partial charge in [0, 0.05) is 26.1 Å². The van der Waals surface area contributed by atoms with Crippen molar-refractivity contribution in [3.05, 3.63) is 64.7 Å². The van der Waals surface area contributed by atoms with Gasteiger partial charge in [-0.25, -0.2) is 0 Å². The molecule has 4 rings (SSSR count). The molecule has 0 unspecified atom stereocenters. The summed E-state index contributed by atoms with van der Waals surface area (Å²) >= 11 is 0. The number of carbonyl (C=O) groups excluding carboxylic acids is 4. The predicted octanol–water partition coefficient (Wildman–Crippen LogP) is 2.62. The van der Waals surface area contributed by atoms with Gasteiger partial charge in [-0.1, -0.05) is 18.2 Å². The number of fused-ring (bicyclic) bond motifs is 1. The lowest BCUT2D eigenvalue weighted by molar-refractivity contribution is -0.129. The van der Waals surface area contributed by atoms with E-state index in [1.807, 2.05) is 11.8 Å². The number of nitrogens with one attached hydrogen (secondary N) is 1. The van der Waals surface area contributed by atoms with Gasteiger partial charge in [0.25, 0.3) is 17.7 Å². The first-order valence-corrected chi connectivity index (χ1v) is 11.3. The summed E-state index contributed by atoms with van der Waals surface area (Å²) in [5.41, 5.74) is 1.70. The summed E-state index contributed by atoms with van der Waals surface area (Å²) in [5, 5.41) is 2.79. The Bertz CT molecular complexity index is 1060. The molecule has 2 aromatic rings. The maximum Gasteiger partial charge on any atom is 0.261 e. The number of amides is 4. The number of likely N-dealkylation sites (tertiary alicyclic amines) is 1. The van der Waals surface area contributed by atoms with E-state index in [4.69, 9.17) is 4.74 Å². The molecule has 8 heteroatoms. The van der Waals surface area contributed by atoms with E-state index in [0.717, 1.165) is 25.9 Å². The predicted molar refractivity (Wildman–Crippen MR) is 121 cm³/mol. The SMILES string of the molecule is CCOc1ccc(CN2C(=O)c3ccccc3C2=O)cc1C(=O)NCCC(=O)N1CCCC1. The van der Waals surface area contributed by atoms with Crippen LogP contribution in [0.25, 0.3) is 0 Å². The Kier molecular flexibility index (Phi) is 6.72. The Labute approximate surface area is 192 Å². The molecule has 4 amide bonds. The molecule has 2 heterocycles. The van der Waals surface area contributed by atoms with Gasteiger partial charge in [-0.15, -0.1) is 0 Å². The smallest absolute Gasteiger partial charge is 0.261 e. The summed E-state index contributed by atoms with van der Waals surface area (Å²) in [6, 6.07) is 11.8. The lowest BCUT2D eigenvalue weighted by Crippen LogP contribution is -2.33. The van der Waals surface area contributed by atoms with Crippen LogP contribution in [0.1, 0.15) is 62.8 Å². The van der Waals surface area contributed by atoms with E-state index in [-0.39, 0.29) is 43.1 Å². The van der Waals surface area contributed by atoms with Gasteiger partial charge >= 0.3 is 0 Å². The lowest BCUT2D eigenvalue weighted by Gasteiger charge is -2.17. The first-order chi connectivity index (χ1) is 16.0. The molecule has 2 aliphatic rings. The van der Waals surface area contributed by atoms with Crippen LogP contribution in [0.5, 0.6) is 5.75 Å². The van der Waals surface area contributed by atoms with Crippen molar-refractivity contribution >= 4 is 23.6 Å². The molecule has 33 heavy (non-hydrogen) atoms. The normalized spacial score (nSPS) is 15.1. The second kappa shape index (κ2) is 9.85. The minimum Gasteiger partial charge on any atom is -0.493 e. The van der Waals surface area contributed by atoms with Crippen LogP contribution in [0.15, 0.2) is 42.5 Å². The molecule has 0 aliphatic carbocycles. The zero-order chi connectivity index (χ0) is 23.4. The summed E-state index contributed by atoms with van der Waals surface area (Å²) in [6.45, 7) is 4.03. The van der Waals surface area contributed by atoms with E-state index < -0.39 is 0 Å². The minimum absolute atomic E-state index is 0.0391. The second-order valence-corrected chi connectivity index (χ2v) is 8.10. The van der Waals surface area contributed by atoms with Crippen molar-refractivity contribution in [2.24, 2.45) is 0 Å². The minimum atomic E-state index is -0.364. The van der Waals surface area contributed by atoms with Gasteiger partial charge in [-0.05, 0) is 49.6 Å². The number of benzene rings is 2. The van der Waals surface area contributed by atoms with Gasteiger partial charge in [-0.3, -0.25) is 24.1 Å². The molecule has 2 aliphatic heterocycles. The average molecular weight is 450 g/mol. The van der Waals surface area contributed by atoms with Crippen molar-refractivity contribution in [3.63, 3.8) is 0 Å². The maximum atomic E-state index is 12.9. The molecule has 172 valence electrons. The Balaban J connectivity index is 1.45. The monoisotopic (exact) mass is 449 g/mol. The van der Waals surface area contributed by atoms with E-state index in [1.165, 1.54) is 4.90 Å². The number of rotatable bonds is 8. The highest BCUT2D eigenvalue weighted by Crippen LogP contribution is 2.26. The second-order valence-electron chi connectivity index (χ2n) is 8.10. The Morgan fingerprint density at radius 2 is 1.67 bits per heavy atom. The van der Waals surface area contributed by atoms with Gasteiger partial charge in [0.15, 0.2) is 0 Å². The van der Waals surface area contributed by atoms with Crippen LogP contribution < -0.4 is 10.1 Å². The summed E-state index contributed by atoms with van der Waals surface area (Å²) in [5.74, 6) is -0.618. The van der Waals surface area contributed by atoms with Crippen LogP contribution in [-0.2, 0) is 11.3 Å². The van der Waals surface area contributed by atoms with Crippen LogP contribution in [0, 0.1) is 0 Å². The van der Waals surface area contributed by atoms with Crippen LogP contribution in [-0.4, -0.2) is 59.7 Å². The van der Waals surface area contributed by atoms with Gasteiger partial charge in [0.1, 0.15) is 5.75 Å². The number of ether oxygens (including phenoxy) is 1. The molecule has 0 radical (unpaired) electrons. The van der Waals surface area contributed by atoms with Crippen molar-refractivity contribution in [2.45, 2.75) is 32.7 Å². The molecule has 0 atom stereocenters. The van der Waals surface area contributed by atoms with E-state index >= 15 is 0 Å². The first-order valence-electron chi connectivity index (χ1n) is 11.3. The van der Waals surface area contributed by atoms with Crippen LogP contribution >= 0.6 is 0 Å². The van der Waals surface area contributed by atoms with E-state index in [9.17, 15) is 19.2 Å². The zero-order valence-electron chi connectivity index (χ0n) is 18.6. The summed E-state index contributed by atoms with van der Waals surface area (Å²) in [6.07, 6.45) is 2.29. The highest BCUT2D eigenvalue weighted by Gasteiger charge is 2.35. The van der Waals surface area contributed by atoms with E-state index in [0.29, 0.717) is 34.6 Å². The van der Waals surface area contributed by atoms with Crippen molar-refractivity contribution < 1.29 is 23.9 Å². The van der Waals surface area contributed by atoms with Crippen molar-refractivity contribution in [2.75, 3.05) is 26.2 Å². The lowest BCUT2D eigenvalue weighted by atomic mass is 10.1. The molecule has 1 saturated heterocycles. The Morgan fingerprint density at radius 3 is 2.30 bits per heavy atom. The summed E-state index contributed by atoms with van der Waals surface area (Å²) in [4.78, 5) is 53.4. The van der Waals surface area contributed by atoms with Crippen molar-refractivity contribution in [3.8, 4) is 5.75 Å². The molecule has 1 fully saturated rings. The first kappa shape index (κ1) is 22.5. The molecule has 0 aromatic heterocycles. The van der Waals surface area contributed by atoms with Gasteiger partial charge < -0.3 is 15.0 Å². The highest BCUT2D eigenvalue weighted by molar-refractivity contribution is 6.21. The average Bonchev–Trinajstić information content (AvgIpc) is 3.44. The molecule has 0 saturated carbocycles. The van der Waals surface area contributed by atoms with Gasteiger partial charge in [0.05, 0.1) is 29.8 Å². The number of nitrogens with zero attached hydrogens (tertiary/aromatic N) is 2. The van der Waals surface area contributed by atoms with Crippen LogP contribution in [0.4, 0.5) is 0 Å². The number of hydrogen-bond donors (Lipinski definition) is 1. The molecule has 0 spiro atoms. The molecule has 0 bridgehead atoms. The zero-order valence-corrected chi connectivity index (χ0v) is 18.6. The van der Waals surface area contributed by atoms with Gasteiger partial charge in [0.2, 0.25) is 5.91 Å². The summed E-state index contributed by atoms with van der Waals surface area (Å²) in [7, 11) is 0. The standard InChI is InChI=1S/C25H27N3O5/c1-2-33-21-10-9-17(16-28-24(31)18-7-3-4-8-19(18)25(28)32)15-20(21)23(30)26-12-11-22(29)27-13-5-6-14-27/h3-4,7-10,15H,2,5-6,11-14,16H2,1H3,(H,26,30). The largest absolute Gasteiger partial charge is 0.493 e. The molecular formula is C25H27N3O5. The Hall–Kier alpha value is -3.68. The fraction of sp³-hybridized carbons (Fsp3) is 0.360. The van der Waals surface area contributed by atoms with Crippen LogP contribution in [0.2, 0.25) is 0 Å². The third-order valence-electron chi connectivity index (χ3n) is 5.89. The third-order valence-corrected chi connectivity index (χ3v) is 5.89. The Morgan fingerprint density at radius 1 is 1.00 bits per heavy atom. The van der Waals surface area contributed by atoms with E-state index in [2.05, 4.69) is 5.32 Å². The highest BCUT2D eigenvalue weighted by atomic mass is 16.5.